The van der Waals surface area contributed by atoms with E-state index in [9.17, 15) is 4.79 Å². The smallest absolute Gasteiger partial charge is 0.267 e. The molecule has 3 aromatic heterocycles. The first-order valence-electron chi connectivity index (χ1n) is 9.79. The number of anilines is 1. The van der Waals surface area contributed by atoms with Gasteiger partial charge in [0.25, 0.3) is 5.91 Å². The minimum absolute atomic E-state index is 0.166. The quantitative estimate of drug-likeness (QED) is 0.471. The lowest BCUT2D eigenvalue weighted by atomic mass is 10.1. The lowest BCUT2D eigenvalue weighted by molar-refractivity contribution is 0.103. The minimum atomic E-state index is -0.166. The fourth-order valence-electron chi connectivity index (χ4n) is 3.73. The number of rotatable bonds is 4. The average molecular weight is 453 g/mol. The molecule has 0 saturated carbocycles. The summed E-state index contributed by atoms with van der Waals surface area (Å²) in [6, 6.07) is 5.94. The Morgan fingerprint density at radius 2 is 1.84 bits per heavy atom. The van der Waals surface area contributed by atoms with Gasteiger partial charge in [0, 0.05) is 22.4 Å². The van der Waals surface area contributed by atoms with E-state index >= 15 is 0 Å². The van der Waals surface area contributed by atoms with Crippen LogP contribution in [0.5, 0.6) is 11.5 Å². The van der Waals surface area contributed by atoms with Crippen molar-refractivity contribution in [2.45, 2.75) is 34.1 Å². The van der Waals surface area contributed by atoms with Gasteiger partial charge in [-0.3, -0.25) is 10.1 Å². The average Bonchev–Trinajstić information content (AvgIpc) is 3.39. The summed E-state index contributed by atoms with van der Waals surface area (Å²) in [5.74, 6) is 2.08. The SMILES string of the molecule is Cc1nc(C)c2c(C)c(C(=O)Nc3nc(C)c(Cc4ccc5c(c4)OCO5)s3)sc2n1. The van der Waals surface area contributed by atoms with E-state index in [0.29, 0.717) is 22.3 Å². The molecule has 158 valence electrons. The van der Waals surface area contributed by atoms with Gasteiger partial charge in [-0.2, -0.15) is 0 Å². The van der Waals surface area contributed by atoms with Crippen LogP contribution in [0.25, 0.3) is 10.2 Å². The van der Waals surface area contributed by atoms with Crippen molar-refractivity contribution in [3.8, 4) is 11.5 Å². The Hall–Kier alpha value is -3.04. The Morgan fingerprint density at radius 1 is 1.03 bits per heavy atom. The number of aromatic nitrogens is 3. The second kappa shape index (κ2) is 7.58. The highest BCUT2D eigenvalue weighted by Crippen LogP contribution is 2.35. The van der Waals surface area contributed by atoms with Crippen LogP contribution in [-0.2, 0) is 6.42 Å². The Labute approximate surface area is 187 Å². The summed E-state index contributed by atoms with van der Waals surface area (Å²) in [4.78, 5) is 29.1. The van der Waals surface area contributed by atoms with Crippen molar-refractivity contribution in [1.82, 2.24) is 15.0 Å². The molecule has 0 unspecified atom stereocenters. The van der Waals surface area contributed by atoms with E-state index in [1.807, 2.05) is 45.9 Å². The maximum atomic E-state index is 13.0. The molecule has 7 nitrogen and oxygen atoms in total. The molecule has 0 bridgehead atoms. The number of benzene rings is 1. The van der Waals surface area contributed by atoms with E-state index in [0.717, 1.165) is 49.1 Å². The predicted molar refractivity (Wildman–Crippen MR) is 122 cm³/mol. The van der Waals surface area contributed by atoms with E-state index in [-0.39, 0.29) is 12.7 Å². The molecular weight excluding hydrogens is 432 g/mol. The van der Waals surface area contributed by atoms with Gasteiger partial charge < -0.3 is 9.47 Å². The zero-order valence-electron chi connectivity index (χ0n) is 17.5. The molecule has 31 heavy (non-hydrogen) atoms. The topological polar surface area (TPSA) is 86.2 Å². The number of nitrogens with one attached hydrogen (secondary N) is 1. The van der Waals surface area contributed by atoms with Crippen LogP contribution in [0.2, 0.25) is 0 Å². The van der Waals surface area contributed by atoms with Gasteiger partial charge in [-0.15, -0.1) is 22.7 Å². The van der Waals surface area contributed by atoms with Crippen LogP contribution in [0, 0.1) is 27.7 Å². The summed E-state index contributed by atoms with van der Waals surface area (Å²) in [5, 5.41) is 4.52. The van der Waals surface area contributed by atoms with Crippen molar-refractivity contribution < 1.29 is 14.3 Å². The van der Waals surface area contributed by atoms with Crippen molar-refractivity contribution in [3.05, 3.63) is 56.3 Å². The number of hydrogen-bond acceptors (Lipinski definition) is 8. The van der Waals surface area contributed by atoms with Crippen LogP contribution >= 0.6 is 22.7 Å². The Kier molecular flexibility index (Phi) is 4.86. The number of hydrogen-bond donors (Lipinski definition) is 1. The molecule has 5 rings (SSSR count). The molecule has 0 radical (unpaired) electrons. The zero-order valence-corrected chi connectivity index (χ0v) is 19.2. The number of nitrogens with zero attached hydrogens (tertiary/aromatic N) is 3. The van der Waals surface area contributed by atoms with E-state index in [2.05, 4.69) is 20.3 Å². The normalized spacial score (nSPS) is 12.5. The number of aryl methyl sites for hydroxylation is 4. The molecule has 0 atom stereocenters. The summed E-state index contributed by atoms with van der Waals surface area (Å²) in [7, 11) is 0. The maximum Gasteiger partial charge on any atom is 0.267 e. The van der Waals surface area contributed by atoms with Crippen LogP contribution in [0.1, 0.15) is 42.9 Å². The number of thiophene rings is 1. The number of thiazole rings is 1. The largest absolute Gasteiger partial charge is 0.454 e. The van der Waals surface area contributed by atoms with Crippen molar-refractivity contribution in [3.63, 3.8) is 0 Å². The summed E-state index contributed by atoms with van der Waals surface area (Å²) in [6.45, 7) is 7.97. The number of amides is 1. The van der Waals surface area contributed by atoms with Gasteiger partial charge >= 0.3 is 0 Å². The molecular formula is C22H20N4O3S2. The maximum absolute atomic E-state index is 13.0. The molecule has 1 aliphatic rings. The van der Waals surface area contributed by atoms with Gasteiger partial charge in [0.05, 0.1) is 10.6 Å². The van der Waals surface area contributed by atoms with Crippen LogP contribution < -0.4 is 14.8 Å². The highest BCUT2D eigenvalue weighted by atomic mass is 32.1. The lowest BCUT2D eigenvalue weighted by Crippen LogP contribution is -2.11. The molecule has 0 fully saturated rings. The van der Waals surface area contributed by atoms with E-state index in [1.165, 1.54) is 22.7 Å². The minimum Gasteiger partial charge on any atom is -0.454 e. The van der Waals surface area contributed by atoms with Crippen LogP contribution in [0.4, 0.5) is 5.13 Å². The van der Waals surface area contributed by atoms with E-state index < -0.39 is 0 Å². The highest BCUT2D eigenvalue weighted by molar-refractivity contribution is 7.21. The second-order valence-electron chi connectivity index (χ2n) is 7.44. The first kappa shape index (κ1) is 19.9. The summed E-state index contributed by atoms with van der Waals surface area (Å²) < 4.78 is 10.8. The van der Waals surface area contributed by atoms with Crippen molar-refractivity contribution in [2.75, 3.05) is 12.1 Å². The van der Waals surface area contributed by atoms with Crippen molar-refractivity contribution in [2.24, 2.45) is 0 Å². The second-order valence-corrected chi connectivity index (χ2v) is 9.52. The number of carbonyl (C=O) groups is 1. The molecule has 0 aliphatic carbocycles. The van der Waals surface area contributed by atoms with E-state index in [1.54, 1.807) is 0 Å². The third kappa shape index (κ3) is 3.64. The fraction of sp³-hybridized carbons (Fsp3) is 0.273. The standard InChI is InChI=1S/C22H20N4O3S2/c1-10-18-12(3)23-13(4)25-21(18)31-19(10)20(27)26-22-24-11(2)17(30-22)8-14-5-6-15-16(7-14)29-9-28-15/h5-7H,8-9H2,1-4H3,(H,24,26,27). The predicted octanol–water partition coefficient (Wildman–Crippen LogP) is 4.95. The molecule has 0 saturated heterocycles. The van der Waals surface area contributed by atoms with Crippen LogP contribution in [0.3, 0.4) is 0 Å². The molecule has 9 heteroatoms. The van der Waals surface area contributed by atoms with Crippen LogP contribution in [-0.4, -0.2) is 27.7 Å². The van der Waals surface area contributed by atoms with Gasteiger partial charge in [0.2, 0.25) is 6.79 Å². The van der Waals surface area contributed by atoms with E-state index in [4.69, 9.17) is 9.47 Å². The van der Waals surface area contributed by atoms with Gasteiger partial charge in [-0.25, -0.2) is 15.0 Å². The summed E-state index contributed by atoms with van der Waals surface area (Å²) in [6.07, 6.45) is 0.714. The monoisotopic (exact) mass is 452 g/mol. The Bertz CT molecular complexity index is 1340. The third-order valence-corrected chi connectivity index (χ3v) is 7.46. The van der Waals surface area contributed by atoms with Gasteiger partial charge in [-0.1, -0.05) is 6.07 Å². The molecule has 0 spiro atoms. The lowest BCUT2D eigenvalue weighted by Gasteiger charge is -2.02. The molecule has 1 amide bonds. The van der Waals surface area contributed by atoms with Crippen molar-refractivity contribution >= 4 is 43.9 Å². The highest BCUT2D eigenvalue weighted by Gasteiger charge is 2.21. The van der Waals surface area contributed by atoms with Gasteiger partial charge in [0.15, 0.2) is 16.6 Å². The van der Waals surface area contributed by atoms with Crippen molar-refractivity contribution in [1.29, 1.82) is 0 Å². The molecule has 1 aromatic carbocycles. The first-order chi connectivity index (χ1) is 14.9. The molecule has 1 N–H and O–H groups in total. The van der Waals surface area contributed by atoms with Gasteiger partial charge in [-0.05, 0) is 51.0 Å². The third-order valence-electron chi connectivity index (χ3n) is 5.20. The number of carbonyl (C=O) groups excluding carboxylic acids is 1. The molecule has 1 aliphatic heterocycles. The number of ether oxygens (including phenoxy) is 2. The molecule has 4 aromatic rings. The zero-order chi connectivity index (χ0) is 21.7. The number of fused-ring (bicyclic) bond motifs is 2. The summed E-state index contributed by atoms with van der Waals surface area (Å²) in [5.41, 5.74) is 3.82. The summed E-state index contributed by atoms with van der Waals surface area (Å²) >= 11 is 2.88. The molecule has 4 heterocycles. The fourth-order valence-corrected chi connectivity index (χ4v) is 5.89. The van der Waals surface area contributed by atoms with Crippen LogP contribution in [0.15, 0.2) is 18.2 Å². The first-order valence-corrected chi connectivity index (χ1v) is 11.4. The van der Waals surface area contributed by atoms with Gasteiger partial charge in [0.1, 0.15) is 10.7 Å². The Morgan fingerprint density at radius 3 is 2.68 bits per heavy atom. The Balaban J connectivity index is 1.37.